The van der Waals surface area contributed by atoms with E-state index in [9.17, 15) is 4.79 Å². The van der Waals surface area contributed by atoms with Crippen LogP contribution in [0.4, 0.5) is 5.13 Å². The van der Waals surface area contributed by atoms with Crippen molar-refractivity contribution in [3.63, 3.8) is 0 Å². The summed E-state index contributed by atoms with van der Waals surface area (Å²) in [5.74, 6) is -0.317. The highest BCUT2D eigenvalue weighted by Gasteiger charge is 2.17. The zero-order chi connectivity index (χ0) is 16.1. The fourth-order valence-corrected chi connectivity index (χ4v) is 5.51. The van der Waals surface area contributed by atoms with Gasteiger partial charge in [0.05, 0.1) is 29.8 Å². The molecule has 0 aliphatic rings. The third kappa shape index (κ3) is 2.72. The highest BCUT2D eigenvalue weighted by molar-refractivity contribution is 7.24. The van der Waals surface area contributed by atoms with Crippen molar-refractivity contribution in [2.24, 2.45) is 0 Å². The van der Waals surface area contributed by atoms with Crippen molar-refractivity contribution in [2.45, 2.75) is 6.92 Å². The lowest BCUT2D eigenvalue weighted by Crippen LogP contribution is -2.10. The highest BCUT2D eigenvalue weighted by atomic mass is 35.5. The summed E-state index contributed by atoms with van der Waals surface area (Å²) in [6.45, 7) is 1.97. The Morgan fingerprint density at radius 2 is 2.00 bits per heavy atom. The van der Waals surface area contributed by atoms with Gasteiger partial charge in [-0.05, 0) is 25.1 Å². The van der Waals surface area contributed by atoms with E-state index in [4.69, 9.17) is 23.2 Å². The number of halogens is 2. The first-order valence-corrected chi connectivity index (χ1v) is 9.64. The predicted molar refractivity (Wildman–Crippen MR) is 99.8 cm³/mol. The smallest absolute Gasteiger partial charge is 0.259 e. The second-order valence-electron chi connectivity index (χ2n) is 4.70. The fourth-order valence-electron chi connectivity index (χ4n) is 2.20. The molecule has 0 radical (unpaired) electrons. The number of anilines is 1. The maximum absolute atomic E-state index is 12.3. The molecule has 23 heavy (non-hydrogen) atoms. The van der Waals surface area contributed by atoms with Crippen molar-refractivity contribution in [3.8, 4) is 0 Å². The van der Waals surface area contributed by atoms with Gasteiger partial charge in [-0.25, -0.2) is 9.97 Å². The number of hydrogen-bond donors (Lipinski definition) is 1. The predicted octanol–water partition coefficient (Wildman–Crippen LogP) is 5.84. The van der Waals surface area contributed by atoms with E-state index in [0.29, 0.717) is 19.4 Å². The molecule has 9 heteroatoms. The molecule has 116 valence electrons. The van der Waals surface area contributed by atoms with Gasteiger partial charge in [0, 0.05) is 0 Å². The van der Waals surface area contributed by atoms with Gasteiger partial charge in [-0.2, -0.15) is 0 Å². The van der Waals surface area contributed by atoms with Crippen molar-refractivity contribution < 1.29 is 4.79 Å². The number of aromatic nitrogens is 2. The number of thiophene rings is 1. The van der Waals surface area contributed by atoms with Crippen molar-refractivity contribution in [1.82, 2.24) is 9.97 Å². The molecular formula is C14H7Cl2N3OS3. The molecule has 4 rings (SSSR count). The van der Waals surface area contributed by atoms with Crippen molar-refractivity contribution in [3.05, 3.63) is 37.4 Å². The summed E-state index contributed by atoms with van der Waals surface area (Å²) >= 11 is 16.1. The Balaban J connectivity index is 1.73. The molecule has 0 atom stereocenters. The van der Waals surface area contributed by atoms with Crippen molar-refractivity contribution >= 4 is 88.7 Å². The van der Waals surface area contributed by atoms with E-state index < -0.39 is 0 Å². The number of carbonyl (C=O) groups excluding carboxylic acids is 1. The van der Waals surface area contributed by atoms with Crippen LogP contribution in [0.3, 0.4) is 0 Å². The first-order chi connectivity index (χ1) is 11.0. The number of hydrogen-bond acceptors (Lipinski definition) is 6. The summed E-state index contributed by atoms with van der Waals surface area (Å²) in [7, 11) is 0. The van der Waals surface area contributed by atoms with Gasteiger partial charge in [-0.1, -0.05) is 34.5 Å². The van der Waals surface area contributed by atoms with E-state index in [1.54, 1.807) is 17.4 Å². The van der Waals surface area contributed by atoms with Gasteiger partial charge in [-0.3, -0.25) is 10.1 Å². The van der Waals surface area contributed by atoms with Crippen LogP contribution in [0, 0.1) is 6.92 Å². The summed E-state index contributed by atoms with van der Waals surface area (Å²) in [5, 5.41) is 4.30. The molecule has 0 saturated heterocycles. The number of nitrogens with one attached hydrogen (secondary N) is 1. The minimum absolute atomic E-state index is 0.317. The Morgan fingerprint density at radius 1 is 1.17 bits per heavy atom. The summed E-state index contributed by atoms with van der Waals surface area (Å²) in [6.07, 6.45) is 0. The lowest BCUT2D eigenvalue weighted by atomic mass is 10.3. The second kappa shape index (κ2) is 5.68. The molecule has 0 aliphatic carbocycles. The second-order valence-corrected chi connectivity index (χ2v) is 9.22. The molecule has 1 amide bonds. The monoisotopic (exact) mass is 399 g/mol. The van der Waals surface area contributed by atoms with Crippen molar-refractivity contribution in [2.75, 3.05) is 5.32 Å². The van der Waals surface area contributed by atoms with Crippen LogP contribution in [0.25, 0.3) is 20.4 Å². The van der Waals surface area contributed by atoms with E-state index in [-0.39, 0.29) is 5.91 Å². The Labute approximate surface area is 152 Å². The van der Waals surface area contributed by atoms with Gasteiger partial charge in [0.25, 0.3) is 5.91 Å². The molecule has 4 nitrogen and oxygen atoms in total. The van der Waals surface area contributed by atoms with E-state index in [2.05, 4.69) is 15.3 Å². The highest BCUT2D eigenvalue weighted by Crippen LogP contribution is 2.36. The lowest BCUT2D eigenvalue weighted by molar-refractivity contribution is 0.102. The number of carbonyl (C=O) groups is 1. The van der Waals surface area contributed by atoms with Gasteiger partial charge in [-0.15, -0.1) is 22.7 Å². The molecule has 0 bridgehead atoms. The summed E-state index contributed by atoms with van der Waals surface area (Å²) in [4.78, 5) is 21.3. The zero-order valence-electron chi connectivity index (χ0n) is 11.5. The van der Waals surface area contributed by atoms with E-state index in [0.717, 1.165) is 36.8 Å². The van der Waals surface area contributed by atoms with E-state index in [1.807, 2.05) is 19.1 Å². The number of nitrogens with zero attached hydrogens (tertiary/aromatic N) is 2. The molecule has 4 aromatic rings. The number of aryl methyl sites for hydroxylation is 1. The standard InChI is InChI=1S/C14H7Cl2N3OS3/c1-5-17-10-8(21-5)3-2-7-11(10)23-14(18-7)19-13(20)6-4-9(15)22-12(6)16/h2-4H,1H3,(H,18,19,20). The molecule has 0 saturated carbocycles. The van der Waals surface area contributed by atoms with Crippen LogP contribution in [0.15, 0.2) is 18.2 Å². The van der Waals surface area contributed by atoms with Crippen LogP contribution < -0.4 is 5.32 Å². The molecule has 0 aliphatic heterocycles. The molecule has 1 N–H and O–H groups in total. The van der Waals surface area contributed by atoms with E-state index >= 15 is 0 Å². The SMILES string of the molecule is Cc1nc2c(ccc3nc(NC(=O)c4cc(Cl)sc4Cl)sc32)s1. The van der Waals surface area contributed by atoms with Crippen LogP contribution in [0.1, 0.15) is 15.4 Å². The Morgan fingerprint density at radius 3 is 2.74 bits per heavy atom. The fraction of sp³-hybridized carbons (Fsp3) is 0.0714. The number of benzene rings is 1. The Kier molecular flexibility index (Phi) is 3.78. The quantitative estimate of drug-likeness (QED) is 0.460. The average molecular weight is 400 g/mol. The average Bonchev–Trinajstić information content (AvgIpc) is 3.14. The molecule has 1 aromatic carbocycles. The molecule has 3 aromatic heterocycles. The van der Waals surface area contributed by atoms with Gasteiger partial charge in [0.15, 0.2) is 5.13 Å². The van der Waals surface area contributed by atoms with Crippen LogP contribution in [-0.4, -0.2) is 15.9 Å². The first kappa shape index (κ1) is 15.3. The summed E-state index contributed by atoms with van der Waals surface area (Å²) < 4.78 is 2.93. The molecule has 0 fully saturated rings. The Hall–Kier alpha value is -1.25. The third-order valence-electron chi connectivity index (χ3n) is 3.14. The van der Waals surface area contributed by atoms with Gasteiger partial charge in [0.2, 0.25) is 0 Å². The Bertz CT molecular complexity index is 1070. The summed E-state index contributed by atoms with van der Waals surface area (Å²) in [5.41, 5.74) is 2.10. The number of thiazole rings is 2. The molecule has 0 spiro atoms. The molecule has 0 unspecified atom stereocenters. The third-order valence-corrected chi connectivity index (χ3v) is 6.56. The van der Waals surface area contributed by atoms with Crippen molar-refractivity contribution in [1.29, 1.82) is 0 Å². The minimum atomic E-state index is -0.317. The normalized spacial score (nSPS) is 11.4. The minimum Gasteiger partial charge on any atom is -0.298 e. The maximum atomic E-state index is 12.3. The van der Waals surface area contributed by atoms with Crippen LogP contribution in [0.2, 0.25) is 8.67 Å². The summed E-state index contributed by atoms with van der Waals surface area (Å²) in [6, 6.07) is 5.50. The van der Waals surface area contributed by atoms with Gasteiger partial charge in [0.1, 0.15) is 9.85 Å². The van der Waals surface area contributed by atoms with Crippen LogP contribution in [0.5, 0.6) is 0 Å². The largest absolute Gasteiger partial charge is 0.298 e. The maximum Gasteiger partial charge on any atom is 0.259 e. The molecule has 3 heterocycles. The number of fused-ring (bicyclic) bond motifs is 3. The zero-order valence-corrected chi connectivity index (χ0v) is 15.5. The van der Waals surface area contributed by atoms with Gasteiger partial charge >= 0.3 is 0 Å². The van der Waals surface area contributed by atoms with E-state index in [1.165, 1.54) is 11.3 Å². The first-order valence-electron chi connectivity index (χ1n) is 6.44. The number of amides is 1. The van der Waals surface area contributed by atoms with Gasteiger partial charge < -0.3 is 0 Å². The molecular weight excluding hydrogens is 393 g/mol. The number of rotatable bonds is 2. The van der Waals surface area contributed by atoms with Crippen LogP contribution >= 0.6 is 57.2 Å². The van der Waals surface area contributed by atoms with Crippen LogP contribution in [-0.2, 0) is 0 Å². The lowest BCUT2D eigenvalue weighted by Gasteiger charge is -1.98. The topological polar surface area (TPSA) is 54.9 Å².